The van der Waals surface area contributed by atoms with E-state index in [1.807, 2.05) is 6.07 Å². The number of hydrogen-bond acceptors (Lipinski definition) is 0. The van der Waals surface area contributed by atoms with Gasteiger partial charge < -0.3 is 0 Å². The van der Waals surface area contributed by atoms with Crippen molar-refractivity contribution in [3.63, 3.8) is 0 Å². The van der Waals surface area contributed by atoms with E-state index in [-0.39, 0.29) is 16.9 Å². The molecule has 0 fully saturated rings. The molecule has 0 unspecified atom stereocenters. The van der Waals surface area contributed by atoms with Gasteiger partial charge in [0, 0.05) is 11.1 Å². The summed E-state index contributed by atoms with van der Waals surface area (Å²) in [4.78, 5) is 0. The minimum Gasteiger partial charge on any atom is -0.206 e. The van der Waals surface area contributed by atoms with Crippen molar-refractivity contribution in [2.75, 3.05) is 0 Å². The number of hydrogen-bond donors (Lipinski definition) is 0. The normalized spacial score (nSPS) is 13.2. The lowest BCUT2D eigenvalue weighted by atomic mass is 9.86. The smallest absolute Gasteiger partial charge is 0.194 e. The molecule has 0 bridgehead atoms. The van der Waals surface area contributed by atoms with Gasteiger partial charge in [0.15, 0.2) is 17.5 Å². The van der Waals surface area contributed by atoms with Crippen LogP contribution in [0, 0.1) is 29.1 Å². The highest BCUT2D eigenvalue weighted by Crippen LogP contribution is 2.36. The van der Waals surface area contributed by atoms with Gasteiger partial charge >= 0.3 is 0 Å². The van der Waals surface area contributed by atoms with Crippen molar-refractivity contribution in [1.29, 1.82) is 0 Å². The standard InChI is InChI=1S/C26H21F5/c1-2-3-4-15-5-8-20(22(27)9-15)17-7-6-16-11-21(23(28)12-18(16)10-17)19-13-24(29)26(31)25(30)14-19/h5,8-14H,2-4,6-7H2,1H3. The molecular formula is C26H21F5. The zero-order valence-electron chi connectivity index (χ0n) is 17.0. The molecule has 0 N–H and O–H groups in total. The first-order chi connectivity index (χ1) is 14.9. The number of benzene rings is 3. The molecule has 0 saturated heterocycles. The number of aryl methyl sites for hydroxylation is 2. The van der Waals surface area contributed by atoms with E-state index in [1.165, 1.54) is 12.1 Å². The largest absolute Gasteiger partial charge is 0.206 e. The Labute approximate surface area is 178 Å². The zero-order valence-corrected chi connectivity index (χ0v) is 17.0. The molecule has 0 nitrogen and oxygen atoms in total. The molecule has 31 heavy (non-hydrogen) atoms. The Morgan fingerprint density at radius 1 is 0.742 bits per heavy atom. The minimum absolute atomic E-state index is 0.000132. The molecule has 0 spiro atoms. The van der Waals surface area contributed by atoms with Gasteiger partial charge in [-0.2, -0.15) is 0 Å². The molecule has 0 amide bonds. The molecule has 4 rings (SSSR count). The Balaban J connectivity index is 1.68. The highest BCUT2D eigenvalue weighted by molar-refractivity contribution is 5.85. The zero-order chi connectivity index (χ0) is 22.1. The van der Waals surface area contributed by atoms with Crippen LogP contribution in [0.5, 0.6) is 0 Å². The fraction of sp³-hybridized carbons (Fsp3) is 0.231. The minimum atomic E-state index is -1.59. The Morgan fingerprint density at radius 2 is 1.45 bits per heavy atom. The van der Waals surface area contributed by atoms with Crippen LogP contribution in [0.1, 0.15) is 48.4 Å². The van der Waals surface area contributed by atoms with E-state index in [1.54, 1.807) is 18.2 Å². The quantitative estimate of drug-likeness (QED) is 0.286. The van der Waals surface area contributed by atoms with Crippen LogP contribution in [0.15, 0.2) is 42.5 Å². The van der Waals surface area contributed by atoms with E-state index in [0.29, 0.717) is 24.0 Å². The van der Waals surface area contributed by atoms with Gasteiger partial charge in [0.25, 0.3) is 0 Å². The summed E-state index contributed by atoms with van der Waals surface area (Å²) in [6.45, 7) is 2.09. The summed E-state index contributed by atoms with van der Waals surface area (Å²) in [5.41, 5.74) is 3.54. The maximum absolute atomic E-state index is 14.8. The Morgan fingerprint density at radius 3 is 2.13 bits per heavy atom. The van der Waals surface area contributed by atoms with Crippen LogP contribution >= 0.6 is 0 Å². The predicted octanol–water partition coefficient (Wildman–Crippen LogP) is 7.88. The summed E-state index contributed by atoms with van der Waals surface area (Å²) >= 11 is 0. The van der Waals surface area contributed by atoms with Crippen LogP contribution < -0.4 is 0 Å². The Hall–Kier alpha value is -2.95. The summed E-state index contributed by atoms with van der Waals surface area (Å²) in [5, 5.41) is 0. The highest BCUT2D eigenvalue weighted by atomic mass is 19.2. The average Bonchev–Trinajstić information content (AvgIpc) is 2.75. The number of rotatable bonds is 5. The SMILES string of the molecule is CCCCc1ccc(C2=Cc3cc(F)c(-c4cc(F)c(F)c(F)c4)cc3CC2)c(F)c1. The molecule has 0 atom stereocenters. The topological polar surface area (TPSA) is 0 Å². The summed E-state index contributed by atoms with van der Waals surface area (Å²) in [7, 11) is 0. The van der Waals surface area contributed by atoms with Gasteiger partial charge in [-0.25, -0.2) is 22.0 Å². The third-order valence-corrected chi connectivity index (χ3v) is 5.72. The van der Waals surface area contributed by atoms with Crippen molar-refractivity contribution < 1.29 is 22.0 Å². The lowest BCUT2D eigenvalue weighted by molar-refractivity contribution is 0.447. The molecule has 5 heteroatoms. The van der Waals surface area contributed by atoms with E-state index in [0.717, 1.165) is 48.1 Å². The van der Waals surface area contributed by atoms with Crippen LogP contribution in [0.2, 0.25) is 0 Å². The van der Waals surface area contributed by atoms with Crippen molar-refractivity contribution in [1.82, 2.24) is 0 Å². The lowest BCUT2D eigenvalue weighted by Gasteiger charge is -2.19. The maximum atomic E-state index is 14.8. The number of unbranched alkanes of at least 4 members (excludes halogenated alkanes) is 1. The summed E-state index contributed by atoms with van der Waals surface area (Å²) in [6.07, 6.45) is 5.69. The van der Waals surface area contributed by atoms with Gasteiger partial charge in [0.2, 0.25) is 0 Å². The second kappa shape index (κ2) is 8.66. The summed E-state index contributed by atoms with van der Waals surface area (Å²) in [6, 6.07) is 9.61. The molecule has 160 valence electrons. The fourth-order valence-corrected chi connectivity index (χ4v) is 4.01. The number of allylic oxidation sites excluding steroid dienone is 1. The van der Waals surface area contributed by atoms with Crippen molar-refractivity contribution in [3.8, 4) is 11.1 Å². The van der Waals surface area contributed by atoms with E-state index in [9.17, 15) is 22.0 Å². The third-order valence-electron chi connectivity index (χ3n) is 5.72. The van der Waals surface area contributed by atoms with Crippen molar-refractivity contribution in [3.05, 3.63) is 93.8 Å². The van der Waals surface area contributed by atoms with E-state index in [2.05, 4.69) is 6.92 Å². The molecule has 1 aliphatic carbocycles. The lowest BCUT2D eigenvalue weighted by Crippen LogP contribution is -2.03. The van der Waals surface area contributed by atoms with E-state index >= 15 is 0 Å². The van der Waals surface area contributed by atoms with Crippen molar-refractivity contribution in [2.45, 2.75) is 39.0 Å². The van der Waals surface area contributed by atoms with Crippen LogP contribution in [0.3, 0.4) is 0 Å². The predicted molar refractivity (Wildman–Crippen MR) is 113 cm³/mol. The molecule has 0 aromatic heterocycles. The van der Waals surface area contributed by atoms with Crippen molar-refractivity contribution >= 4 is 11.6 Å². The van der Waals surface area contributed by atoms with Gasteiger partial charge in [-0.1, -0.05) is 31.6 Å². The maximum Gasteiger partial charge on any atom is 0.194 e. The number of halogens is 5. The highest BCUT2D eigenvalue weighted by Gasteiger charge is 2.20. The second-order valence-electron chi connectivity index (χ2n) is 7.87. The fourth-order valence-electron chi connectivity index (χ4n) is 4.01. The summed E-state index contributed by atoms with van der Waals surface area (Å²) < 4.78 is 69.9. The first-order valence-corrected chi connectivity index (χ1v) is 10.3. The second-order valence-corrected chi connectivity index (χ2v) is 7.87. The molecule has 3 aromatic rings. The molecular weight excluding hydrogens is 407 g/mol. The third kappa shape index (κ3) is 4.27. The van der Waals surface area contributed by atoms with Gasteiger partial charge in [0.05, 0.1) is 0 Å². The van der Waals surface area contributed by atoms with E-state index < -0.39 is 23.3 Å². The molecule has 0 radical (unpaired) electrons. The average molecular weight is 428 g/mol. The van der Waals surface area contributed by atoms with Gasteiger partial charge in [-0.05, 0) is 83.8 Å². The van der Waals surface area contributed by atoms with Gasteiger partial charge in [-0.3, -0.25) is 0 Å². The molecule has 1 aliphatic rings. The molecule has 0 heterocycles. The van der Waals surface area contributed by atoms with Gasteiger partial charge in [0.1, 0.15) is 11.6 Å². The van der Waals surface area contributed by atoms with Gasteiger partial charge in [-0.15, -0.1) is 0 Å². The molecule has 0 saturated carbocycles. The summed E-state index contributed by atoms with van der Waals surface area (Å²) in [5.74, 6) is -5.30. The molecule has 3 aromatic carbocycles. The monoisotopic (exact) mass is 428 g/mol. The first kappa shape index (κ1) is 21.3. The van der Waals surface area contributed by atoms with E-state index in [4.69, 9.17) is 0 Å². The van der Waals surface area contributed by atoms with Crippen LogP contribution in [-0.4, -0.2) is 0 Å². The van der Waals surface area contributed by atoms with Crippen molar-refractivity contribution in [2.24, 2.45) is 0 Å². The van der Waals surface area contributed by atoms with Crippen LogP contribution in [0.4, 0.5) is 22.0 Å². The Kier molecular flexibility index (Phi) is 5.94. The first-order valence-electron chi connectivity index (χ1n) is 10.3. The molecule has 0 aliphatic heterocycles. The van der Waals surface area contributed by atoms with Crippen LogP contribution in [-0.2, 0) is 12.8 Å². The Bertz CT molecular complexity index is 1150. The van der Waals surface area contributed by atoms with Crippen LogP contribution in [0.25, 0.3) is 22.8 Å². The number of fused-ring (bicyclic) bond motifs is 1.